The molecule has 2 aliphatic rings. The summed E-state index contributed by atoms with van der Waals surface area (Å²) < 4.78 is 26.1. The number of ether oxygens (including phenoxy) is 1. The van der Waals surface area contributed by atoms with Crippen LogP contribution in [0.25, 0.3) is 11.3 Å². The maximum Gasteiger partial charge on any atom is 0.170 e. The summed E-state index contributed by atoms with van der Waals surface area (Å²) in [6.45, 7) is 5.32. The second kappa shape index (κ2) is 10.5. The highest BCUT2D eigenvalue weighted by Gasteiger charge is 2.41. The molecule has 1 aromatic carbocycles. The fourth-order valence-corrected chi connectivity index (χ4v) is 5.47. The summed E-state index contributed by atoms with van der Waals surface area (Å²) in [5.41, 5.74) is 1.71. The Balaban J connectivity index is 1.41. The van der Waals surface area contributed by atoms with Crippen molar-refractivity contribution in [1.82, 2.24) is 20.1 Å². The van der Waals surface area contributed by atoms with Crippen molar-refractivity contribution in [2.45, 2.75) is 18.5 Å². The Hall–Kier alpha value is -2.33. The predicted octanol–water partition coefficient (Wildman–Crippen LogP) is 4.94. The Labute approximate surface area is 212 Å². The molecule has 0 saturated carbocycles. The van der Waals surface area contributed by atoms with Crippen LogP contribution < -0.4 is 5.32 Å². The first-order valence-electron chi connectivity index (χ1n) is 11.4. The van der Waals surface area contributed by atoms with Gasteiger partial charge in [-0.25, -0.2) is 4.39 Å². The van der Waals surface area contributed by atoms with Gasteiger partial charge in [-0.2, -0.15) is 0 Å². The van der Waals surface area contributed by atoms with Crippen LogP contribution in [0.3, 0.4) is 0 Å². The summed E-state index contributed by atoms with van der Waals surface area (Å²) in [6, 6.07) is 14.1. The molecule has 0 aliphatic carbocycles. The zero-order chi connectivity index (χ0) is 23.5. The first kappa shape index (κ1) is 23.4. The van der Waals surface area contributed by atoms with Gasteiger partial charge in [-0.15, -0.1) is 0 Å². The molecule has 1 N–H and O–H groups in total. The van der Waals surface area contributed by atoms with E-state index in [4.69, 9.17) is 21.4 Å². The van der Waals surface area contributed by atoms with Crippen LogP contribution in [0.2, 0.25) is 0 Å². The molecule has 2 aliphatic heterocycles. The SMILES string of the molecule is Fc1ccc(-c2ccc(C3C(c4ccccn4)NC(=S)N3CCCN3CCOCC3)o2)c(Br)c1. The quantitative estimate of drug-likeness (QED) is 0.423. The number of thiocarbonyl (C=S) groups is 1. The highest BCUT2D eigenvalue weighted by atomic mass is 79.9. The molecule has 0 radical (unpaired) electrons. The van der Waals surface area contributed by atoms with Crippen molar-refractivity contribution in [3.8, 4) is 11.3 Å². The number of morpholine rings is 1. The molecule has 0 spiro atoms. The number of furan rings is 1. The summed E-state index contributed by atoms with van der Waals surface area (Å²) >= 11 is 9.21. The highest BCUT2D eigenvalue weighted by molar-refractivity contribution is 9.10. The number of hydrogen-bond donors (Lipinski definition) is 1. The molecular formula is C25H26BrFN4O2S. The van der Waals surface area contributed by atoms with E-state index < -0.39 is 0 Å². The van der Waals surface area contributed by atoms with Gasteiger partial charge >= 0.3 is 0 Å². The van der Waals surface area contributed by atoms with Crippen LogP contribution in [0.15, 0.2) is 63.6 Å². The Bertz CT molecular complexity index is 1140. The lowest BCUT2D eigenvalue weighted by molar-refractivity contribution is 0.0365. The third kappa shape index (κ3) is 5.02. The zero-order valence-corrected chi connectivity index (χ0v) is 21.0. The lowest BCUT2D eigenvalue weighted by atomic mass is 10.0. The van der Waals surface area contributed by atoms with Gasteiger partial charge in [0.15, 0.2) is 5.11 Å². The van der Waals surface area contributed by atoms with Crippen LogP contribution in [0.4, 0.5) is 4.39 Å². The summed E-state index contributed by atoms with van der Waals surface area (Å²) in [7, 11) is 0. The third-order valence-corrected chi connectivity index (χ3v) is 7.30. The van der Waals surface area contributed by atoms with Gasteiger partial charge in [-0.1, -0.05) is 6.07 Å². The number of benzene rings is 1. The maximum atomic E-state index is 13.6. The first-order valence-corrected chi connectivity index (χ1v) is 12.6. The van der Waals surface area contributed by atoms with Gasteiger partial charge < -0.3 is 19.4 Å². The molecule has 34 heavy (non-hydrogen) atoms. The number of nitrogens with one attached hydrogen (secondary N) is 1. The maximum absolute atomic E-state index is 13.6. The van der Waals surface area contributed by atoms with Crippen LogP contribution in [-0.2, 0) is 4.74 Å². The lowest BCUT2D eigenvalue weighted by Crippen LogP contribution is -2.38. The minimum absolute atomic E-state index is 0.132. The van der Waals surface area contributed by atoms with Crippen LogP contribution in [-0.4, -0.2) is 59.3 Å². The molecular weight excluding hydrogens is 519 g/mol. The molecule has 4 heterocycles. The van der Waals surface area contributed by atoms with Crippen LogP contribution in [0.5, 0.6) is 0 Å². The van der Waals surface area contributed by atoms with Gasteiger partial charge in [0.25, 0.3) is 0 Å². The summed E-state index contributed by atoms with van der Waals surface area (Å²) in [5, 5.41) is 4.17. The normalized spacial score (nSPS) is 21.1. The van der Waals surface area contributed by atoms with E-state index in [0.29, 0.717) is 15.3 Å². The Morgan fingerprint density at radius 2 is 1.97 bits per heavy atom. The summed E-state index contributed by atoms with van der Waals surface area (Å²) in [6.07, 6.45) is 2.77. The summed E-state index contributed by atoms with van der Waals surface area (Å²) in [5.74, 6) is 1.17. The molecule has 2 aromatic heterocycles. The van der Waals surface area contributed by atoms with E-state index in [0.717, 1.165) is 62.8 Å². The molecule has 0 amide bonds. The van der Waals surface area contributed by atoms with Gasteiger partial charge in [-0.3, -0.25) is 9.88 Å². The second-order valence-corrected chi connectivity index (χ2v) is 9.69. The molecule has 178 valence electrons. The van der Waals surface area contributed by atoms with Crippen molar-refractivity contribution in [3.63, 3.8) is 0 Å². The van der Waals surface area contributed by atoms with Crippen molar-refractivity contribution in [1.29, 1.82) is 0 Å². The van der Waals surface area contributed by atoms with Gasteiger partial charge in [0.2, 0.25) is 0 Å². The van der Waals surface area contributed by atoms with E-state index in [9.17, 15) is 4.39 Å². The molecule has 5 rings (SSSR count). The Kier molecular flexibility index (Phi) is 7.24. The largest absolute Gasteiger partial charge is 0.459 e. The standard InChI is InChI=1S/C25H26BrFN4O2S/c26-19-16-17(27)5-6-18(19)21-7-8-22(33-21)24-23(20-4-1-2-9-28-20)29-25(34)31(24)11-3-10-30-12-14-32-15-13-30/h1-2,4-9,16,23-24H,3,10-15H2,(H,29,34). The molecule has 6 nitrogen and oxygen atoms in total. The Morgan fingerprint density at radius 1 is 1.12 bits per heavy atom. The van der Waals surface area contributed by atoms with Crippen LogP contribution >= 0.6 is 28.1 Å². The van der Waals surface area contributed by atoms with E-state index in [1.54, 1.807) is 12.3 Å². The molecule has 2 saturated heterocycles. The third-order valence-electron chi connectivity index (χ3n) is 6.29. The highest BCUT2D eigenvalue weighted by Crippen LogP contribution is 2.41. The van der Waals surface area contributed by atoms with E-state index in [1.807, 2.05) is 30.3 Å². The molecule has 2 unspecified atom stereocenters. The minimum Gasteiger partial charge on any atom is -0.459 e. The van der Waals surface area contributed by atoms with Crippen molar-refractivity contribution in [2.75, 3.05) is 39.4 Å². The van der Waals surface area contributed by atoms with E-state index in [2.05, 4.69) is 36.0 Å². The number of halogens is 2. The molecule has 2 atom stereocenters. The average Bonchev–Trinajstić information content (AvgIpc) is 3.45. The molecule has 2 fully saturated rings. The Morgan fingerprint density at radius 3 is 2.74 bits per heavy atom. The van der Waals surface area contributed by atoms with Gasteiger partial charge in [0.1, 0.15) is 23.4 Å². The monoisotopic (exact) mass is 544 g/mol. The fraction of sp³-hybridized carbons (Fsp3) is 0.360. The van der Waals surface area contributed by atoms with E-state index in [-0.39, 0.29) is 17.9 Å². The topological polar surface area (TPSA) is 53.8 Å². The average molecular weight is 545 g/mol. The number of pyridine rings is 1. The van der Waals surface area contributed by atoms with E-state index >= 15 is 0 Å². The van der Waals surface area contributed by atoms with Crippen molar-refractivity contribution < 1.29 is 13.5 Å². The minimum atomic E-state index is -0.297. The smallest absolute Gasteiger partial charge is 0.170 e. The number of nitrogens with zero attached hydrogens (tertiary/aromatic N) is 3. The van der Waals surface area contributed by atoms with Crippen LogP contribution in [0, 0.1) is 5.82 Å². The van der Waals surface area contributed by atoms with Crippen LogP contribution in [0.1, 0.15) is 30.0 Å². The van der Waals surface area contributed by atoms with E-state index in [1.165, 1.54) is 12.1 Å². The van der Waals surface area contributed by atoms with Gasteiger partial charge in [-0.05, 0) is 77.0 Å². The zero-order valence-electron chi connectivity index (χ0n) is 18.6. The number of hydrogen-bond acceptors (Lipinski definition) is 5. The second-order valence-electron chi connectivity index (χ2n) is 8.45. The number of aromatic nitrogens is 1. The van der Waals surface area contributed by atoms with Crippen molar-refractivity contribution >= 4 is 33.3 Å². The lowest BCUT2D eigenvalue weighted by Gasteiger charge is -2.29. The molecule has 3 aromatic rings. The fourth-order valence-electron chi connectivity index (χ4n) is 4.59. The van der Waals surface area contributed by atoms with Crippen molar-refractivity contribution in [3.05, 3.63) is 76.5 Å². The van der Waals surface area contributed by atoms with Gasteiger partial charge in [0.05, 0.1) is 24.9 Å². The summed E-state index contributed by atoms with van der Waals surface area (Å²) in [4.78, 5) is 9.22. The number of rotatable bonds is 7. The predicted molar refractivity (Wildman–Crippen MR) is 136 cm³/mol. The molecule has 0 bridgehead atoms. The first-order chi connectivity index (χ1) is 16.6. The van der Waals surface area contributed by atoms with Crippen molar-refractivity contribution in [2.24, 2.45) is 0 Å². The van der Waals surface area contributed by atoms with Gasteiger partial charge in [0, 0.05) is 42.4 Å². The molecule has 9 heteroatoms.